The first kappa shape index (κ1) is 20.5. The average molecular weight is 415 g/mol. The Balaban J connectivity index is 1.28. The minimum Gasteiger partial charge on any atom is -0.377 e. The standard InChI is InChI=1S/C22H34N6S/c1-16(8-2-7-13-19(29)26-17-9-3-4-10-17)28-15-25-20-21(23-14-24-22(20)28)27-18-11-5-6-12-18/h14-18H,2-13H2,1H3,(H,26,29)(H,23,24,27). The summed E-state index contributed by atoms with van der Waals surface area (Å²) in [5.41, 5.74) is 1.83. The Bertz CT molecular complexity index is 807. The molecule has 2 aromatic rings. The Hall–Kier alpha value is -1.76. The number of hydrogen-bond acceptors (Lipinski definition) is 5. The second-order valence-electron chi connectivity index (χ2n) is 8.82. The van der Waals surface area contributed by atoms with Gasteiger partial charge in [-0.15, -0.1) is 0 Å². The maximum absolute atomic E-state index is 5.54. The zero-order valence-electron chi connectivity index (χ0n) is 17.6. The van der Waals surface area contributed by atoms with Gasteiger partial charge in [0, 0.05) is 18.1 Å². The number of rotatable bonds is 9. The number of nitrogens with zero attached hydrogens (tertiary/aromatic N) is 4. The second kappa shape index (κ2) is 9.83. The van der Waals surface area contributed by atoms with E-state index in [2.05, 4.69) is 37.1 Å². The first-order valence-corrected chi connectivity index (χ1v) is 11.8. The fourth-order valence-corrected chi connectivity index (χ4v) is 5.09. The summed E-state index contributed by atoms with van der Waals surface area (Å²) in [5, 5.41) is 7.13. The van der Waals surface area contributed by atoms with Gasteiger partial charge in [0.15, 0.2) is 11.5 Å². The van der Waals surface area contributed by atoms with E-state index < -0.39 is 0 Å². The van der Waals surface area contributed by atoms with Crippen LogP contribution in [0.15, 0.2) is 12.7 Å². The molecule has 4 rings (SSSR count). The maximum atomic E-state index is 5.54. The van der Waals surface area contributed by atoms with Crippen LogP contribution in [-0.2, 0) is 0 Å². The molecule has 0 aromatic carbocycles. The van der Waals surface area contributed by atoms with Crippen LogP contribution in [0.3, 0.4) is 0 Å². The van der Waals surface area contributed by atoms with Crippen LogP contribution in [0.25, 0.3) is 11.2 Å². The summed E-state index contributed by atoms with van der Waals surface area (Å²) in [4.78, 5) is 14.7. The number of hydrogen-bond donors (Lipinski definition) is 2. The van der Waals surface area contributed by atoms with Crippen molar-refractivity contribution in [2.24, 2.45) is 0 Å². The molecule has 158 valence electrons. The predicted molar refractivity (Wildman–Crippen MR) is 122 cm³/mol. The SMILES string of the molecule is CC(CCCCC(=S)NC1CCCC1)n1cnc2c(NC3CCCC3)ncnc21. The summed E-state index contributed by atoms with van der Waals surface area (Å²) in [6, 6.07) is 1.52. The predicted octanol–water partition coefficient (Wildman–Crippen LogP) is 5.16. The third-order valence-corrected chi connectivity index (χ3v) is 6.85. The third kappa shape index (κ3) is 5.24. The molecule has 29 heavy (non-hydrogen) atoms. The fourth-order valence-electron chi connectivity index (χ4n) is 4.78. The molecule has 0 spiro atoms. The van der Waals surface area contributed by atoms with Gasteiger partial charge in [-0.05, 0) is 51.9 Å². The van der Waals surface area contributed by atoms with Crippen molar-refractivity contribution < 1.29 is 0 Å². The van der Waals surface area contributed by atoms with Crippen molar-refractivity contribution in [1.29, 1.82) is 0 Å². The molecule has 2 aliphatic carbocycles. The highest BCUT2D eigenvalue weighted by molar-refractivity contribution is 7.80. The van der Waals surface area contributed by atoms with Gasteiger partial charge < -0.3 is 15.2 Å². The molecule has 0 amide bonds. The van der Waals surface area contributed by atoms with Crippen molar-refractivity contribution in [3.05, 3.63) is 12.7 Å². The summed E-state index contributed by atoms with van der Waals surface area (Å²) in [6.45, 7) is 2.25. The quantitative estimate of drug-likeness (QED) is 0.436. The lowest BCUT2D eigenvalue weighted by Crippen LogP contribution is -2.31. The number of anilines is 1. The van der Waals surface area contributed by atoms with Gasteiger partial charge in [-0.2, -0.15) is 0 Å². The molecule has 2 saturated carbocycles. The number of unbranched alkanes of at least 4 members (excludes halogenated alkanes) is 1. The minimum atomic E-state index is 0.366. The molecular weight excluding hydrogens is 380 g/mol. The molecule has 0 bridgehead atoms. The van der Waals surface area contributed by atoms with Crippen molar-refractivity contribution in [3.8, 4) is 0 Å². The number of thiocarbonyl (C=S) groups is 1. The summed E-state index contributed by atoms with van der Waals surface area (Å²) >= 11 is 5.54. The van der Waals surface area contributed by atoms with Crippen LogP contribution in [0, 0.1) is 0 Å². The molecule has 2 fully saturated rings. The summed E-state index contributed by atoms with van der Waals surface area (Å²) in [5.74, 6) is 0.885. The lowest BCUT2D eigenvalue weighted by atomic mass is 10.1. The molecule has 2 N–H and O–H groups in total. The molecular formula is C22H34N6S. The zero-order chi connectivity index (χ0) is 20.1. The van der Waals surface area contributed by atoms with Crippen molar-refractivity contribution in [3.63, 3.8) is 0 Å². The van der Waals surface area contributed by atoms with Gasteiger partial charge in [0.25, 0.3) is 0 Å². The van der Waals surface area contributed by atoms with Crippen LogP contribution in [0.5, 0.6) is 0 Å². The topological polar surface area (TPSA) is 67.7 Å². The molecule has 2 heterocycles. The fraction of sp³-hybridized carbons (Fsp3) is 0.727. The highest BCUT2D eigenvalue weighted by Gasteiger charge is 2.19. The van der Waals surface area contributed by atoms with E-state index in [1.165, 1.54) is 51.4 Å². The summed E-state index contributed by atoms with van der Waals surface area (Å²) in [7, 11) is 0. The molecule has 0 aliphatic heterocycles. The number of aromatic nitrogens is 4. The van der Waals surface area contributed by atoms with E-state index in [1.807, 2.05) is 6.33 Å². The van der Waals surface area contributed by atoms with E-state index in [4.69, 9.17) is 12.2 Å². The van der Waals surface area contributed by atoms with E-state index in [0.717, 1.165) is 47.7 Å². The monoisotopic (exact) mass is 414 g/mol. The summed E-state index contributed by atoms with van der Waals surface area (Å²) < 4.78 is 2.20. The van der Waals surface area contributed by atoms with Crippen LogP contribution >= 0.6 is 12.2 Å². The lowest BCUT2D eigenvalue weighted by Gasteiger charge is -2.16. The van der Waals surface area contributed by atoms with Crippen LogP contribution in [0.2, 0.25) is 0 Å². The van der Waals surface area contributed by atoms with Crippen molar-refractivity contribution in [2.75, 3.05) is 5.32 Å². The Morgan fingerprint density at radius 1 is 1.07 bits per heavy atom. The maximum Gasteiger partial charge on any atom is 0.165 e. The molecule has 1 atom stereocenters. The van der Waals surface area contributed by atoms with E-state index in [9.17, 15) is 0 Å². The normalized spacial score (nSPS) is 19.1. The largest absolute Gasteiger partial charge is 0.377 e. The Morgan fingerprint density at radius 3 is 2.55 bits per heavy atom. The molecule has 1 unspecified atom stereocenters. The smallest absolute Gasteiger partial charge is 0.165 e. The van der Waals surface area contributed by atoms with E-state index in [1.54, 1.807) is 6.33 Å². The van der Waals surface area contributed by atoms with Gasteiger partial charge >= 0.3 is 0 Å². The van der Waals surface area contributed by atoms with Gasteiger partial charge in [-0.25, -0.2) is 15.0 Å². The van der Waals surface area contributed by atoms with Crippen LogP contribution < -0.4 is 10.6 Å². The van der Waals surface area contributed by atoms with Crippen molar-refractivity contribution >= 4 is 34.2 Å². The van der Waals surface area contributed by atoms with Gasteiger partial charge in [0.1, 0.15) is 11.8 Å². The Labute approximate surface area is 179 Å². The Morgan fingerprint density at radius 2 is 1.79 bits per heavy atom. The van der Waals surface area contributed by atoms with Gasteiger partial charge in [0.2, 0.25) is 0 Å². The van der Waals surface area contributed by atoms with E-state index >= 15 is 0 Å². The van der Waals surface area contributed by atoms with Gasteiger partial charge in [-0.3, -0.25) is 0 Å². The highest BCUT2D eigenvalue weighted by Crippen LogP contribution is 2.27. The molecule has 0 radical (unpaired) electrons. The zero-order valence-corrected chi connectivity index (χ0v) is 18.4. The molecule has 6 nitrogen and oxygen atoms in total. The average Bonchev–Trinajstić information content (AvgIpc) is 3.47. The Kier molecular flexibility index (Phi) is 6.95. The van der Waals surface area contributed by atoms with Crippen LogP contribution in [-0.4, -0.2) is 36.6 Å². The van der Waals surface area contributed by atoms with Crippen LogP contribution in [0.1, 0.15) is 90.0 Å². The molecule has 2 aromatic heterocycles. The van der Waals surface area contributed by atoms with Crippen LogP contribution in [0.4, 0.5) is 5.82 Å². The molecule has 2 aliphatic rings. The van der Waals surface area contributed by atoms with E-state index in [0.29, 0.717) is 18.1 Å². The van der Waals surface area contributed by atoms with Crippen molar-refractivity contribution in [2.45, 2.75) is 102 Å². The minimum absolute atomic E-state index is 0.366. The summed E-state index contributed by atoms with van der Waals surface area (Å²) in [6.07, 6.45) is 18.3. The number of fused-ring (bicyclic) bond motifs is 1. The molecule has 7 heteroatoms. The lowest BCUT2D eigenvalue weighted by molar-refractivity contribution is 0.488. The van der Waals surface area contributed by atoms with E-state index in [-0.39, 0.29) is 0 Å². The number of nitrogens with one attached hydrogen (secondary N) is 2. The number of imidazole rings is 1. The third-order valence-electron chi connectivity index (χ3n) is 6.53. The first-order chi connectivity index (χ1) is 14.2. The van der Waals surface area contributed by atoms with Crippen molar-refractivity contribution in [1.82, 2.24) is 24.8 Å². The van der Waals surface area contributed by atoms with Gasteiger partial charge in [0.05, 0.1) is 11.3 Å². The first-order valence-electron chi connectivity index (χ1n) is 11.4. The molecule has 0 saturated heterocycles. The second-order valence-corrected chi connectivity index (χ2v) is 9.31. The highest BCUT2D eigenvalue weighted by atomic mass is 32.1. The van der Waals surface area contributed by atoms with Gasteiger partial charge in [-0.1, -0.05) is 44.3 Å².